The van der Waals surface area contributed by atoms with Crippen LogP contribution in [0.5, 0.6) is 5.75 Å². The lowest BCUT2D eigenvalue weighted by Crippen LogP contribution is -2.11. The van der Waals surface area contributed by atoms with E-state index in [1.54, 1.807) is 7.11 Å². The first-order valence-electron chi connectivity index (χ1n) is 6.38. The van der Waals surface area contributed by atoms with Crippen LogP contribution in [0.1, 0.15) is 44.8 Å². The Morgan fingerprint density at radius 1 is 1.53 bits per heavy atom. The van der Waals surface area contributed by atoms with Crippen LogP contribution in [0.15, 0.2) is 6.20 Å². The van der Waals surface area contributed by atoms with Crippen molar-refractivity contribution < 1.29 is 4.74 Å². The quantitative estimate of drug-likeness (QED) is 0.751. The number of rotatable bonds is 6. The number of halogens is 1. The van der Waals surface area contributed by atoms with E-state index in [9.17, 15) is 0 Å². The first-order chi connectivity index (χ1) is 8.13. The van der Waals surface area contributed by atoms with E-state index in [2.05, 4.69) is 39.6 Å². The summed E-state index contributed by atoms with van der Waals surface area (Å²) in [6.07, 6.45) is 6.80. The third-order valence-corrected chi connectivity index (χ3v) is 4.57. The van der Waals surface area contributed by atoms with Crippen LogP contribution in [0.25, 0.3) is 0 Å². The maximum absolute atomic E-state index is 5.39. The van der Waals surface area contributed by atoms with Crippen molar-refractivity contribution in [1.82, 2.24) is 9.78 Å². The van der Waals surface area contributed by atoms with E-state index in [1.165, 1.54) is 25.0 Å². The summed E-state index contributed by atoms with van der Waals surface area (Å²) in [6, 6.07) is 0.392. The van der Waals surface area contributed by atoms with E-state index >= 15 is 0 Å². The molecule has 3 nitrogen and oxygen atoms in total. The van der Waals surface area contributed by atoms with Crippen LogP contribution in [-0.2, 0) is 6.42 Å². The molecule has 0 N–H and O–H groups in total. The Hall–Kier alpha value is -0.510. The van der Waals surface area contributed by atoms with Gasteiger partial charge < -0.3 is 4.74 Å². The summed E-state index contributed by atoms with van der Waals surface area (Å²) in [6.45, 7) is 4.31. The number of ether oxygens (including phenoxy) is 1. The van der Waals surface area contributed by atoms with Gasteiger partial charge in [-0.15, -0.1) is 0 Å². The molecule has 0 radical (unpaired) electrons. The van der Waals surface area contributed by atoms with Crippen molar-refractivity contribution in [3.8, 4) is 5.75 Å². The predicted molar refractivity (Wildman–Crippen MR) is 72.9 cm³/mol. The third-order valence-electron chi connectivity index (χ3n) is 3.36. The first kappa shape index (κ1) is 12.9. The van der Waals surface area contributed by atoms with Gasteiger partial charge in [0.05, 0.1) is 19.0 Å². The van der Waals surface area contributed by atoms with Crippen LogP contribution in [0.4, 0.5) is 0 Å². The summed E-state index contributed by atoms with van der Waals surface area (Å²) in [5.41, 5.74) is 1.23. The fourth-order valence-electron chi connectivity index (χ4n) is 2.19. The first-order valence-corrected chi connectivity index (χ1v) is 7.29. The molecular weight excluding hydrogens is 280 g/mol. The van der Waals surface area contributed by atoms with Gasteiger partial charge in [-0.2, -0.15) is 5.10 Å². The largest absolute Gasteiger partial charge is 0.493 e. The lowest BCUT2D eigenvalue weighted by atomic mass is 10.1. The fourth-order valence-corrected chi connectivity index (χ4v) is 2.95. The second-order valence-electron chi connectivity index (χ2n) is 5.09. The summed E-state index contributed by atoms with van der Waals surface area (Å²) in [4.78, 5) is 0.655. The van der Waals surface area contributed by atoms with Crippen LogP contribution >= 0.6 is 15.9 Å². The van der Waals surface area contributed by atoms with Gasteiger partial charge in [0.2, 0.25) is 0 Å². The molecule has 1 saturated carbocycles. The standard InChI is InChI=1S/C13H21BrN2O/c1-9(2)16-12(13(17-3)8-15-16)7-6-11(14)10-4-5-10/h8-11H,4-7H2,1-3H3. The Kier molecular flexibility index (Phi) is 4.13. The highest BCUT2D eigenvalue weighted by atomic mass is 79.9. The van der Waals surface area contributed by atoms with E-state index in [0.717, 1.165) is 18.1 Å². The topological polar surface area (TPSA) is 27.1 Å². The summed E-state index contributed by atoms with van der Waals surface area (Å²) >= 11 is 3.79. The van der Waals surface area contributed by atoms with Crippen LogP contribution < -0.4 is 4.74 Å². The van der Waals surface area contributed by atoms with E-state index in [1.807, 2.05) is 6.20 Å². The zero-order chi connectivity index (χ0) is 12.4. The van der Waals surface area contributed by atoms with Crippen molar-refractivity contribution in [2.75, 3.05) is 7.11 Å². The molecule has 1 atom stereocenters. The van der Waals surface area contributed by atoms with Crippen LogP contribution in [0.2, 0.25) is 0 Å². The zero-order valence-electron chi connectivity index (χ0n) is 10.8. The van der Waals surface area contributed by atoms with Crippen LogP contribution in [0, 0.1) is 5.92 Å². The van der Waals surface area contributed by atoms with Gasteiger partial charge in [0.15, 0.2) is 5.75 Å². The highest BCUT2D eigenvalue weighted by Gasteiger charge is 2.29. The highest BCUT2D eigenvalue weighted by Crippen LogP contribution is 2.39. The summed E-state index contributed by atoms with van der Waals surface area (Å²) in [7, 11) is 1.72. The normalized spacial score (nSPS) is 17.5. The molecular formula is C13H21BrN2O. The summed E-state index contributed by atoms with van der Waals surface area (Å²) in [5, 5.41) is 4.40. The summed E-state index contributed by atoms with van der Waals surface area (Å²) in [5.74, 6) is 1.82. The summed E-state index contributed by atoms with van der Waals surface area (Å²) < 4.78 is 7.46. The van der Waals surface area contributed by atoms with Crippen molar-refractivity contribution in [2.24, 2.45) is 5.92 Å². The van der Waals surface area contributed by atoms with Crippen molar-refractivity contribution in [3.05, 3.63) is 11.9 Å². The van der Waals surface area contributed by atoms with Gasteiger partial charge in [-0.3, -0.25) is 4.68 Å². The molecule has 1 heterocycles. The van der Waals surface area contributed by atoms with Gasteiger partial charge in [-0.1, -0.05) is 15.9 Å². The predicted octanol–water partition coefficient (Wildman–Crippen LogP) is 3.58. The maximum Gasteiger partial charge on any atom is 0.159 e. The van der Waals surface area contributed by atoms with E-state index in [4.69, 9.17) is 4.74 Å². The number of alkyl halides is 1. The molecule has 0 saturated heterocycles. The number of hydrogen-bond acceptors (Lipinski definition) is 2. The molecule has 1 fully saturated rings. The van der Waals surface area contributed by atoms with E-state index in [0.29, 0.717) is 10.9 Å². The van der Waals surface area contributed by atoms with Gasteiger partial charge in [-0.05, 0) is 45.4 Å². The lowest BCUT2D eigenvalue weighted by molar-refractivity contribution is 0.402. The number of aromatic nitrogens is 2. The molecule has 4 heteroatoms. The Labute approximate surface area is 112 Å². The molecule has 0 aromatic carbocycles. The van der Waals surface area contributed by atoms with Gasteiger partial charge in [-0.25, -0.2) is 0 Å². The fraction of sp³-hybridized carbons (Fsp3) is 0.769. The Morgan fingerprint density at radius 3 is 2.76 bits per heavy atom. The maximum atomic E-state index is 5.39. The molecule has 0 amide bonds. The second kappa shape index (κ2) is 5.42. The number of methoxy groups -OCH3 is 1. The van der Waals surface area contributed by atoms with E-state index < -0.39 is 0 Å². The molecule has 1 aliphatic rings. The third kappa shape index (κ3) is 3.03. The molecule has 0 aliphatic heterocycles. The van der Waals surface area contributed by atoms with Gasteiger partial charge in [0.1, 0.15) is 0 Å². The molecule has 96 valence electrons. The van der Waals surface area contributed by atoms with Gasteiger partial charge in [0.25, 0.3) is 0 Å². The minimum Gasteiger partial charge on any atom is -0.493 e. The second-order valence-corrected chi connectivity index (χ2v) is 6.27. The average molecular weight is 301 g/mol. The SMILES string of the molecule is COc1cnn(C(C)C)c1CCC(Br)C1CC1. The highest BCUT2D eigenvalue weighted by molar-refractivity contribution is 9.09. The number of nitrogens with zero attached hydrogens (tertiary/aromatic N) is 2. The Morgan fingerprint density at radius 2 is 2.24 bits per heavy atom. The lowest BCUT2D eigenvalue weighted by Gasteiger charge is -2.14. The molecule has 1 aromatic rings. The zero-order valence-corrected chi connectivity index (χ0v) is 12.4. The average Bonchev–Trinajstić information content (AvgIpc) is 3.06. The van der Waals surface area contributed by atoms with Gasteiger partial charge in [0, 0.05) is 10.9 Å². The van der Waals surface area contributed by atoms with Crippen molar-refractivity contribution in [2.45, 2.75) is 50.4 Å². The van der Waals surface area contributed by atoms with Crippen molar-refractivity contribution in [1.29, 1.82) is 0 Å². The van der Waals surface area contributed by atoms with Crippen LogP contribution in [0.3, 0.4) is 0 Å². The van der Waals surface area contributed by atoms with Crippen molar-refractivity contribution in [3.63, 3.8) is 0 Å². The van der Waals surface area contributed by atoms with E-state index in [-0.39, 0.29) is 0 Å². The Balaban J connectivity index is 2.03. The molecule has 0 bridgehead atoms. The van der Waals surface area contributed by atoms with Crippen LogP contribution in [-0.4, -0.2) is 21.7 Å². The molecule has 2 rings (SSSR count). The molecule has 1 aliphatic carbocycles. The van der Waals surface area contributed by atoms with Crippen molar-refractivity contribution >= 4 is 15.9 Å². The minimum atomic E-state index is 0.392. The molecule has 0 spiro atoms. The molecule has 1 unspecified atom stereocenters. The smallest absolute Gasteiger partial charge is 0.159 e. The number of hydrogen-bond donors (Lipinski definition) is 0. The Bertz CT molecular complexity index is 371. The minimum absolute atomic E-state index is 0.392. The molecule has 17 heavy (non-hydrogen) atoms. The molecule has 1 aromatic heterocycles. The monoisotopic (exact) mass is 300 g/mol. The van der Waals surface area contributed by atoms with Gasteiger partial charge >= 0.3 is 0 Å².